The zero-order chi connectivity index (χ0) is 13.2. The third-order valence-corrected chi connectivity index (χ3v) is 5.33. The molecule has 1 aliphatic carbocycles. The summed E-state index contributed by atoms with van der Waals surface area (Å²) >= 11 is 8.15. The topological polar surface area (TPSA) is 38.0 Å². The molecule has 1 atom stereocenters. The Balaban J connectivity index is 1.98. The molecular weight excluding hydrogens is 276 g/mol. The summed E-state index contributed by atoms with van der Waals surface area (Å²) in [6.45, 7) is 0. The molecule has 0 bridgehead atoms. The van der Waals surface area contributed by atoms with Crippen molar-refractivity contribution in [3.05, 3.63) is 56.2 Å². The molecular formula is C15H17ClN2S. The Hall–Kier alpha value is -0.870. The van der Waals surface area contributed by atoms with Gasteiger partial charge in [0.1, 0.15) is 0 Å². The van der Waals surface area contributed by atoms with E-state index in [2.05, 4.69) is 11.5 Å². The van der Waals surface area contributed by atoms with Gasteiger partial charge in [-0.25, -0.2) is 5.43 Å². The maximum atomic E-state index is 6.28. The second-order valence-corrected chi connectivity index (χ2v) is 6.50. The predicted octanol–water partition coefficient (Wildman–Crippen LogP) is 3.83. The van der Waals surface area contributed by atoms with Crippen molar-refractivity contribution < 1.29 is 0 Å². The lowest BCUT2D eigenvalue weighted by atomic mass is 9.98. The standard InChI is InChI=1S/C15H17ClN2S/c16-12-7-3-2-6-11(12)15(18-17)14-9-10-5-1-4-8-13(10)19-14/h2-3,6-7,9,15,18H,1,4-5,8,17H2. The van der Waals surface area contributed by atoms with Crippen LogP contribution < -0.4 is 11.3 Å². The van der Waals surface area contributed by atoms with Crippen molar-refractivity contribution in [2.45, 2.75) is 31.7 Å². The summed E-state index contributed by atoms with van der Waals surface area (Å²) in [6, 6.07) is 10.2. The van der Waals surface area contributed by atoms with Crippen LogP contribution in [0.15, 0.2) is 30.3 Å². The van der Waals surface area contributed by atoms with E-state index in [0.29, 0.717) is 0 Å². The summed E-state index contributed by atoms with van der Waals surface area (Å²) in [5.74, 6) is 5.76. The van der Waals surface area contributed by atoms with Crippen LogP contribution in [-0.4, -0.2) is 0 Å². The Morgan fingerprint density at radius 1 is 1.21 bits per heavy atom. The Kier molecular flexibility index (Phi) is 3.89. The van der Waals surface area contributed by atoms with Gasteiger partial charge in [0.05, 0.1) is 6.04 Å². The van der Waals surface area contributed by atoms with Crippen molar-refractivity contribution in [3.63, 3.8) is 0 Å². The number of nitrogens with one attached hydrogen (secondary N) is 1. The van der Waals surface area contributed by atoms with E-state index in [0.717, 1.165) is 10.6 Å². The van der Waals surface area contributed by atoms with Crippen LogP contribution in [0.25, 0.3) is 0 Å². The molecule has 1 heterocycles. The normalized spacial score (nSPS) is 16.1. The first-order valence-electron chi connectivity index (χ1n) is 6.61. The van der Waals surface area contributed by atoms with Crippen molar-refractivity contribution in [2.24, 2.45) is 5.84 Å². The van der Waals surface area contributed by atoms with Crippen LogP contribution in [0.5, 0.6) is 0 Å². The van der Waals surface area contributed by atoms with E-state index in [9.17, 15) is 0 Å². The number of nitrogens with two attached hydrogens (primary N) is 1. The number of hydrazine groups is 1. The van der Waals surface area contributed by atoms with Gasteiger partial charge in [0.2, 0.25) is 0 Å². The highest BCUT2D eigenvalue weighted by Gasteiger charge is 2.21. The SMILES string of the molecule is NNC(c1cc2c(s1)CCCC2)c1ccccc1Cl. The molecule has 0 spiro atoms. The molecule has 1 aliphatic rings. The van der Waals surface area contributed by atoms with E-state index in [1.165, 1.54) is 41.0 Å². The smallest absolute Gasteiger partial charge is 0.0817 e. The van der Waals surface area contributed by atoms with E-state index >= 15 is 0 Å². The average Bonchev–Trinajstić information content (AvgIpc) is 2.85. The molecule has 0 saturated heterocycles. The molecule has 0 amide bonds. The maximum absolute atomic E-state index is 6.28. The number of halogens is 1. The molecule has 0 radical (unpaired) electrons. The zero-order valence-corrected chi connectivity index (χ0v) is 12.2. The van der Waals surface area contributed by atoms with Crippen LogP contribution in [-0.2, 0) is 12.8 Å². The van der Waals surface area contributed by atoms with Crippen molar-refractivity contribution in [1.82, 2.24) is 5.43 Å². The van der Waals surface area contributed by atoms with Gasteiger partial charge >= 0.3 is 0 Å². The first-order chi connectivity index (χ1) is 9.29. The lowest BCUT2D eigenvalue weighted by molar-refractivity contribution is 0.645. The Labute approximate surface area is 122 Å². The highest BCUT2D eigenvalue weighted by Crippen LogP contribution is 2.36. The molecule has 0 aliphatic heterocycles. The molecule has 1 aromatic carbocycles. The van der Waals surface area contributed by atoms with Crippen LogP contribution in [0, 0.1) is 0 Å². The average molecular weight is 293 g/mol. The highest BCUT2D eigenvalue weighted by atomic mass is 35.5. The van der Waals surface area contributed by atoms with E-state index < -0.39 is 0 Å². The Bertz CT molecular complexity index is 556. The first-order valence-corrected chi connectivity index (χ1v) is 7.81. The molecule has 19 heavy (non-hydrogen) atoms. The number of thiophene rings is 1. The molecule has 0 fully saturated rings. The van der Waals surface area contributed by atoms with Gasteiger partial charge in [-0.1, -0.05) is 29.8 Å². The minimum Gasteiger partial charge on any atom is -0.271 e. The maximum Gasteiger partial charge on any atom is 0.0817 e. The number of hydrogen-bond donors (Lipinski definition) is 2. The van der Waals surface area contributed by atoms with Crippen LogP contribution in [0.3, 0.4) is 0 Å². The summed E-state index contributed by atoms with van der Waals surface area (Å²) in [6.07, 6.45) is 5.02. The summed E-state index contributed by atoms with van der Waals surface area (Å²) < 4.78 is 0. The molecule has 100 valence electrons. The van der Waals surface area contributed by atoms with E-state index in [1.807, 2.05) is 35.6 Å². The van der Waals surface area contributed by atoms with E-state index in [4.69, 9.17) is 17.4 Å². The lowest BCUT2D eigenvalue weighted by Crippen LogP contribution is -2.28. The molecule has 1 unspecified atom stereocenters. The molecule has 4 heteroatoms. The minimum absolute atomic E-state index is 0.00991. The summed E-state index contributed by atoms with van der Waals surface area (Å²) in [7, 11) is 0. The number of hydrogen-bond acceptors (Lipinski definition) is 3. The van der Waals surface area contributed by atoms with Gasteiger partial charge < -0.3 is 0 Å². The van der Waals surface area contributed by atoms with Gasteiger partial charge in [0.25, 0.3) is 0 Å². The van der Waals surface area contributed by atoms with Crippen LogP contribution in [0.4, 0.5) is 0 Å². The minimum atomic E-state index is -0.00991. The zero-order valence-electron chi connectivity index (χ0n) is 10.7. The van der Waals surface area contributed by atoms with Crippen LogP contribution >= 0.6 is 22.9 Å². The van der Waals surface area contributed by atoms with Crippen molar-refractivity contribution in [3.8, 4) is 0 Å². The monoisotopic (exact) mass is 292 g/mol. The van der Waals surface area contributed by atoms with Gasteiger partial charge in [-0.05, 0) is 48.9 Å². The Morgan fingerprint density at radius 3 is 2.74 bits per heavy atom. The highest BCUT2D eigenvalue weighted by molar-refractivity contribution is 7.12. The second kappa shape index (κ2) is 5.63. The second-order valence-electron chi connectivity index (χ2n) is 4.93. The van der Waals surface area contributed by atoms with Gasteiger partial charge in [-0.2, -0.15) is 0 Å². The molecule has 2 nitrogen and oxygen atoms in total. The fraction of sp³-hybridized carbons (Fsp3) is 0.333. The fourth-order valence-corrected chi connectivity index (χ4v) is 4.27. The van der Waals surface area contributed by atoms with Gasteiger partial charge in [-0.3, -0.25) is 5.84 Å². The van der Waals surface area contributed by atoms with Gasteiger partial charge in [0.15, 0.2) is 0 Å². The van der Waals surface area contributed by atoms with E-state index in [-0.39, 0.29) is 6.04 Å². The fourth-order valence-electron chi connectivity index (χ4n) is 2.69. The van der Waals surface area contributed by atoms with Crippen LogP contribution in [0.2, 0.25) is 5.02 Å². The quantitative estimate of drug-likeness (QED) is 0.666. The third-order valence-electron chi connectivity index (χ3n) is 3.68. The molecule has 3 N–H and O–H groups in total. The van der Waals surface area contributed by atoms with Crippen molar-refractivity contribution in [1.29, 1.82) is 0 Å². The van der Waals surface area contributed by atoms with Gasteiger partial charge in [0, 0.05) is 14.8 Å². The third kappa shape index (κ3) is 2.56. The molecule has 3 rings (SSSR count). The molecule has 0 saturated carbocycles. The summed E-state index contributed by atoms with van der Waals surface area (Å²) in [5, 5.41) is 0.761. The number of rotatable bonds is 3. The summed E-state index contributed by atoms with van der Waals surface area (Å²) in [4.78, 5) is 2.79. The number of fused-ring (bicyclic) bond motifs is 1. The summed E-state index contributed by atoms with van der Waals surface area (Å²) in [5.41, 5.74) is 5.46. The first kappa shape index (κ1) is 13.1. The number of aryl methyl sites for hydroxylation is 2. The van der Waals surface area contributed by atoms with Gasteiger partial charge in [-0.15, -0.1) is 11.3 Å². The predicted molar refractivity (Wildman–Crippen MR) is 81.6 cm³/mol. The van der Waals surface area contributed by atoms with E-state index in [1.54, 1.807) is 0 Å². The molecule has 1 aromatic heterocycles. The largest absolute Gasteiger partial charge is 0.271 e. The molecule has 2 aromatic rings. The Morgan fingerprint density at radius 2 is 2.00 bits per heavy atom. The van der Waals surface area contributed by atoms with Crippen molar-refractivity contribution >= 4 is 22.9 Å². The van der Waals surface area contributed by atoms with Crippen molar-refractivity contribution in [2.75, 3.05) is 0 Å². The lowest BCUT2D eigenvalue weighted by Gasteiger charge is -2.16. The van der Waals surface area contributed by atoms with Crippen LogP contribution in [0.1, 0.15) is 39.8 Å². The number of benzene rings is 1.